The zero-order valence-corrected chi connectivity index (χ0v) is 40.3. The summed E-state index contributed by atoms with van der Waals surface area (Å²) in [5, 5.41) is 0. The number of rotatable bonds is 7. The highest BCUT2D eigenvalue weighted by molar-refractivity contribution is 14.0. The van der Waals surface area contributed by atoms with E-state index in [1.165, 1.54) is 0 Å². The van der Waals surface area contributed by atoms with Crippen LogP contribution in [0.15, 0.2) is 122 Å². The van der Waals surface area contributed by atoms with Crippen molar-refractivity contribution >= 4 is 76.3 Å². The second kappa shape index (κ2) is 17.7. The second-order valence-electron chi connectivity index (χ2n) is 18.1. The van der Waals surface area contributed by atoms with Crippen LogP contribution in [0, 0.1) is 0 Å². The molecule has 6 aromatic heterocycles. The molecule has 0 unspecified atom stereocenters. The summed E-state index contributed by atoms with van der Waals surface area (Å²) in [6.45, 7) is 7.28. The number of nitrogens with zero attached hydrogens (tertiary/aromatic N) is 5. The van der Waals surface area contributed by atoms with E-state index in [9.17, 15) is 4.79 Å². The van der Waals surface area contributed by atoms with Crippen LogP contribution >= 0.6 is 24.0 Å². The summed E-state index contributed by atoms with van der Waals surface area (Å²) in [6.07, 6.45) is 16.1. The van der Waals surface area contributed by atoms with Gasteiger partial charge in [0.05, 0.1) is 28.3 Å². The first kappa shape index (κ1) is 44.8. The van der Waals surface area contributed by atoms with Crippen molar-refractivity contribution in [3.05, 3.63) is 150 Å². The number of nitrogens with one attached hydrogen (secondary N) is 2. The Labute approximate surface area is 413 Å². The van der Waals surface area contributed by atoms with Crippen LogP contribution in [-0.2, 0) is 28.4 Å². The topological polar surface area (TPSA) is 168 Å². The number of H-pyrrole nitrogens is 2. The molecule has 11 heterocycles. The Balaban J connectivity index is 0.00000520. The first-order valence-electron chi connectivity index (χ1n) is 22.6. The van der Waals surface area contributed by atoms with Crippen LogP contribution in [-0.4, -0.2) is 89.7 Å². The molecule has 5 aliphatic heterocycles. The van der Waals surface area contributed by atoms with Crippen LogP contribution in [0.5, 0.6) is 0 Å². The number of hydrogen-bond donors (Lipinski definition) is 2. The monoisotopic (exact) mass is 1030 g/mol. The molecule has 3 fully saturated rings. The van der Waals surface area contributed by atoms with Crippen LogP contribution in [0.1, 0.15) is 60.8 Å². The van der Waals surface area contributed by atoms with E-state index in [1.807, 2.05) is 88.4 Å². The summed E-state index contributed by atoms with van der Waals surface area (Å²) in [6, 6.07) is 27.6. The first-order valence-corrected chi connectivity index (χ1v) is 22.6. The summed E-state index contributed by atoms with van der Waals surface area (Å²) in [7, 11) is 0. The number of pyridine rings is 3. The minimum absolute atomic E-state index is 0. The maximum atomic E-state index is 13.8. The van der Waals surface area contributed by atoms with Gasteiger partial charge in [-0.2, -0.15) is 0 Å². The summed E-state index contributed by atoms with van der Waals surface area (Å²) in [5.41, 5.74) is 14.1. The van der Waals surface area contributed by atoms with Gasteiger partial charge in [0.2, 0.25) is 0 Å². The Kier molecular flexibility index (Phi) is 11.5. The number of carbonyl (C=O) groups is 1. The fourth-order valence-corrected chi connectivity index (χ4v) is 9.82. The highest BCUT2D eigenvalue weighted by Crippen LogP contribution is 2.45. The molecule has 15 heteroatoms. The first-order chi connectivity index (χ1) is 33.0. The SMILES string of the molecule is CC1(C)O[C@H]2[C@@H](O1)[C@@H](COC(=O)c1ccc(-c3c4nc(c(-c5ccncc5)c5ccc([nH]5)c(-c5ccncc5)c5nc(c(-c6ccncc6)c6ccc3[nH]6)C=C5)C=C4)cc1)O[C@@H]1OC(C)(C)O[C@@H]12.I. The number of ether oxygens (including phenoxy) is 6. The summed E-state index contributed by atoms with van der Waals surface area (Å²) in [4.78, 5) is 45.0. The molecular weight excluding hydrogens is 986 g/mol. The van der Waals surface area contributed by atoms with Crippen molar-refractivity contribution in [1.29, 1.82) is 0 Å². The van der Waals surface area contributed by atoms with Crippen molar-refractivity contribution in [2.45, 2.75) is 70.0 Å². The third kappa shape index (κ3) is 8.38. The van der Waals surface area contributed by atoms with E-state index >= 15 is 0 Å². The van der Waals surface area contributed by atoms with E-state index in [0.717, 1.165) is 89.4 Å². The Bertz CT molecular complexity index is 3300. The number of hydrogen-bond acceptors (Lipinski definition) is 12. The highest BCUT2D eigenvalue weighted by Gasteiger charge is 2.61. The van der Waals surface area contributed by atoms with Crippen molar-refractivity contribution in [2.75, 3.05) is 6.61 Å². The van der Waals surface area contributed by atoms with Crippen LogP contribution in [0.4, 0.5) is 0 Å². The van der Waals surface area contributed by atoms with Crippen molar-refractivity contribution < 1.29 is 33.2 Å². The number of halogens is 1. The minimum atomic E-state index is -0.878. The lowest BCUT2D eigenvalue weighted by atomic mass is 9.99. The standard InChI is InChI=1S/C54H45N7O7.HI/c1-53(2)65-48-43(64-52-50(49(48)66-53)67-54(3,4)68-52)29-63-51(62)34-7-5-30(6-8-34)44-35-9-11-37(58-35)45(31-17-23-55-24-18-31)39-13-15-41(60-39)47(33-21-27-57-28-22-33)42-16-14-40(61-42)46(32-19-25-56-26-20-32)38-12-10-36(44)59-38;/h5-28,43,48-50,52,58,61H,29H2,1-4H3;1H/t43-,48+,49+,50-,52-;/m1./s1. The van der Waals surface area contributed by atoms with Crippen molar-refractivity contribution in [3.63, 3.8) is 0 Å². The number of aromatic amines is 2. The summed E-state index contributed by atoms with van der Waals surface area (Å²) >= 11 is 0. The number of benzene rings is 1. The van der Waals surface area contributed by atoms with E-state index < -0.39 is 48.2 Å². The van der Waals surface area contributed by atoms with Crippen molar-refractivity contribution in [2.24, 2.45) is 0 Å². The van der Waals surface area contributed by atoms with Crippen LogP contribution in [0.25, 0.3) is 90.9 Å². The van der Waals surface area contributed by atoms with Gasteiger partial charge in [0.15, 0.2) is 17.9 Å². The van der Waals surface area contributed by atoms with Gasteiger partial charge in [0, 0.05) is 81.5 Å². The van der Waals surface area contributed by atoms with Crippen molar-refractivity contribution in [3.8, 4) is 44.5 Å². The molecule has 0 aliphatic carbocycles. The Morgan fingerprint density at radius 2 is 0.884 bits per heavy atom. The zero-order chi connectivity index (χ0) is 46.1. The van der Waals surface area contributed by atoms with Gasteiger partial charge in [-0.25, -0.2) is 14.8 Å². The van der Waals surface area contributed by atoms with E-state index in [2.05, 4.69) is 61.3 Å². The molecule has 2 N–H and O–H groups in total. The van der Waals surface area contributed by atoms with Crippen LogP contribution in [0.2, 0.25) is 0 Å². The molecule has 8 bridgehead atoms. The van der Waals surface area contributed by atoms with E-state index in [-0.39, 0.29) is 30.6 Å². The predicted molar refractivity (Wildman–Crippen MR) is 272 cm³/mol. The van der Waals surface area contributed by atoms with Gasteiger partial charge < -0.3 is 38.4 Å². The molecule has 346 valence electrons. The molecule has 3 saturated heterocycles. The van der Waals surface area contributed by atoms with E-state index in [1.54, 1.807) is 49.3 Å². The Morgan fingerprint density at radius 3 is 1.32 bits per heavy atom. The number of fused-ring (bicyclic) bond motifs is 11. The lowest BCUT2D eigenvalue weighted by molar-refractivity contribution is -0.240. The lowest BCUT2D eigenvalue weighted by Gasteiger charge is -2.36. The van der Waals surface area contributed by atoms with Gasteiger partial charge in [-0.15, -0.1) is 24.0 Å². The zero-order valence-electron chi connectivity index (χ0n) is 38.0. The fraction of sp³-hybridized carbons (Fsp3) is 0.222. The van der Waals surface area contributed by atoms with E-state index in [4.69, 9.17) is 38.4 Å². The molecule has 14 nitrogen and oxygen atoms in total. The van der Waals surface area contributed by atoms with Gasteiger partial charge in [-0.05, 0) is 147 Å². The number of carbonyl (C=O) groups excluding carboxylic acids is 1. The maximum Gasteiger partial charge on any atom is 0.338 e. The van der Waals surface area contributed by atoms with Crippen LogP contribution < -0.4 is 0 Å². The Morgan fingerprint density at radius 1 is 0.507 bits per heavy atom. The van der Waals surface area contributed by atoms with Crippen LogP contribution in [0.3, 0.4) is 0 Å². The largest absolute Gasteiger partial charge is 0.459 e. The highest BCUT2D eigenvalue weighted by atomic mass is 127. The summed E-state index contributed by atoms with van der Waals surface area (Å²) in [5.74, 6) is -2.25. The normalized spacial score (nSPS) is 21.6. The minimum Gasteiger partial charge on any atom is -0.459 e. The number of esters is 1. The van der Waals surface area contributed by atoms with Gasteiger partial charge in [0.1, 0.15) is 31.0 Å². The predicted octanol–water partition coefficient (Wildman–Crippen LogP) is 10.7. The van der Waals surface area contributed by atoms with Gasteiger partial charge in [-0.3, -0.25) is 15.0 Å². The summed E-state index contributed by atoms with van der Waals surface area (Å²) < 4.78 is 36.9. The Hall–Kier alpha value is -6.73. The smallest absolute Gasteiger partial charge is 0.338 e. The molecule has 5 aliphatic rings. The molecule has 12 rings (SSSR count). The molecular formula is C54H46IN7O7. The van der Waals surface area contributed by atoms with Gasteiger partial charge in [-0.1, -0.05) is 12.1 Å². The molecule has 1 aromatic carbocycles. The maximum absolute atomic E-state index is 13.8. The second-order valence-corrected chi connectivity index (χ2v) is 18.1. The molecule has 7 aromatic rings. The number of aromatic nitrogens is 7. The molecule has 0 amide bonds. The fourth-order valence-electron chi connectivity index (χ4n) is 9.82. The molecule has 5 atom stereocenters. The molecule has 69 heavy (non-hydrogen) atoms. The molecule has 0 spiro atoms. The molecule has 0 radical (unpaired) electrons. The lowest BCUT2D eigenvalue weighted by Crippen LogP contribution is -2.56. The van der Waals surface area contributed by atoms with Crippen molar-refractivity contribution in [1.82, 2.24) is 34.9 Å². The average molecular weight is 1030 g/mol. The molecule has 0 saturated carbocycles. The average Bonchev–Trinajstić information content (AvgIpc) is 4.22. The van der Waals surface area contributed by atoms with Gasteiger partial charge in [0.25, 0.3) is 0 Å². The van der Waals surface area contributed by atoms with Gasteiger partial charge >= 0.3 is 5.97 Å². The van der Waals surface area contributed by atoms with E-state index in [0.29, 0.717) is 5.56 Å². The third-order valence-electron chi connectivity index (χ3n) is 12.7. The quantitative estimate of drug-likeness (QED) is 0.115. The third-order valence-corrected chi connectivity index (χ3v) is 12.7.